The van der Waals surface area contributed by atoms with Crippen LogP contribution in [0.3, 0.4) is 0 Å². The van der Waals surface area contributed by atoms with E-state index in [2.05, 4.69) is 15.3 Å². The van der Waals surface area contributed by atoms with E-state index >= 15 is 0 Å². The molecule has 2 aromatic rings. The van der Waals surface area contributed by atoms with Crippen molar-refractivity contribution < 1.29 is 15.0 Å². The van der Waals surface area contributed by atoms with Crippen molar-refractivity contribution >= 4 is 5.91 Å². The van der Waals surface area contributed by atoms with Gasteiger partial charge in [-0.1, -0.05) is 0 Å². The fourth-order valence-corrected chi connectivity index (χ4v) is 1.50. The number of aliphatic hydroxyl groups excluding tert-OH is 1. The number of carbonyl (C=O) groups excluding carboxylic acids is 1. The summed E-state index contributed by atoms with van der Waals surface area (Å²) < 4.78 is 1.72. The topological polar surface area (TPSA) is 100 Å². The first-order chi connectivity index (χ1) is 9.52. The molecule has 1 unspecified atom stereocenters. The molecule has 0 aromatic carbocycles. The van der Waals surface area contributed by atoms with Crippen molar-refractivity contribution in [1.29, 1.82) is 0 Å². The van der Waals surface area contributed by atoms with E-state index in [-0.39, 0.29) is 12.5 Å². The molecule has 106 valence electrons. The van der Waals surface area contributed by atoms with Crippen molar-refractivity contribution in [2.24, 2.45) is 0 Å². The predicted molar refractivity (Wildman–Crippen MR) is 71.4 cm³/mol. The van der Waals surface area contributed by atoms with Crippen LogP contribution >= 0.6 is 0 Å². The van der Waals surface area contributed by atoms with Crippen LogP contribution in [0.4, 0.5) is 0 Å². The van der Waals surface area contributed by atoms with Gasteiger partial charge in [-0.15, -0.1) is 0 Å². The Morgan fingerprint density at radius 2 is 2.30 bits per heavy atom. The molecule has 0 aliphatic heterocycles. The number of rotatable bonds is 5. The van der Waals surface area contributed by atoms with Gasteiger partial charge >= 0.3 is 0 Å². The van der Waals surface area contributed by atoms with Gasteiger partial charge < -0.3 is 15.5 Å². The second kappa shape index (κ2) is 5.81. The van der Waals surface area contributed by atoms with Crippen LogP contribution in [0, 0.1) is 0 Å². The number of imidazole rings is 1. The lowest BCUT2D eigenvalue weighted by atomic mass is 10.1. The Hall–Kier alpha value is -2.25. The maximum Gasteiger partial charge on any atom is 0.252 e. The lowest BCUT2D eigenvalue weighted by Crippen LogP contribution is -2.43. The molecule has 7 heteroatoms. The lowest BCUT2D eigenvalue weighted by molar-refractivity contribution is 0.00320. The summed E-state index contributed by atoms with van der Waals surface area (Å²) in [6.45, 7) is 0.977. The normalized spacial score (nSPS) is 13.8. The van der Waals surface area contributed by atoms with Crippen molar-refractivity contribution in [1.82, 2.24) is 19.9 Å². The molecule has 2 heterocycles. The second-order valence-electron chi connectivity index (χ2n) is 4.71. The molecule has 1 amide bonds. The standard InChI is InChI=1S/C13H16N4O3/c1-13(20,8-18)7-16-12(19)10-2-3-11(15-6-10)17-5-4-14-9-17/h2-6,9,18,20H,7-8H2,1H3,(H,16,19). The van der Waals surface area contributed by atoms with Gasteiger partial charge in [-0.2, -0.15) is 0 Å². The average molecular weight is 276 g/mol. The maximum absolute atomic E-state index is 11.8. The highest BCUT2D eigenvalue weighted by atomic mass is 16.3. The van der Waals surface area contributed by atoms with Gasteiger partial charge in [0, 0.05) is 25.1 Å². The maximum atomic E-state index is 11.8. The van der Waals surface area contributed by atoms with E-state index in [1.54, 1.807) is 35.4 Å². The molecular formula is C13H16N4O3. The molecule has 7 nitrogen and oxygen atoms in total. The predicted octanol–water partition coefficient (Wildman–Crippen LogP) is -0.260. The number of amides is 1. The summed E-state index contributed by atoms with van der Waals surface area (Å²) in [6, 6.07) is 3.33. The number of nitrogens with zero attached hydrogens (tertiary/aromatic N) is 3. The molecule has 0 spiro atoms. The van der Waals surface area contributed by atoms with Gasteiger partial charge in [0.25, 0.3) is 5.91 Å². The van der Waals surface area contributed by atoms with E-state index < -0.39 is 12.2 Å². The monoisotopic (exact) mass is 276 g/mol. The third-order valence-electron chi connectivity index (χ3n) is 2.75. The first-order valence-corrected chi connectivity index (χ1v) is 6.08. The number of pyridine rings is 1. The minimum atomic E-state index is -1.33. The van der Waals surface area contributed by atoms with Gasteiger partial charge in [-0.05, 0) is 19.1 Å². The average Bonchev–Trinajstić information content (AvgIpc) is 2.99. The zero-order valence-corrected chi connectivity index (χ0v) is 11.0. The van der Waals surface area contributed by atoms with Crippen molar-refractivity contribution in [3.63, 3.8) is 0 Å². The fourth-order valence-electron chi connectivity index (χ4n) is 1.50. The van der Waals surface area contributed by atoms with Crippen LogP contribution in [0.15, 0.2) is 37.1 Å². The van der Waals surface area contributed by atoms with E-state index in [1.807, 2.05) is 0 Å². The van der Waals surface area contributed by atoms with Gasteiger partial charge in [0.1, 0.15) is 17.7 Å². The molecule has 0 bridgehead atoms. The van der Waals surface area contributed by atoms with Crippen LogP contribution in [0.5, 0.6) is 0 Å². The molecule has 2 aromatic heterocycles. The summed E-state index contributed by atoms with van der Waals surface area (Å²) in [5, 5.41) is 21.0. The summed E-state index contributed by atoms with van der Waals surface area (Å²) in [4.78, 5) is 19.9. The molecule has 0 aliphatic carbocycles. The zero-order valence-electron chi connectivity index (χ0n) is 11.0. The molecule has 2 rings (SSSR count). The van der Waals surface area contributed by atoms with Crippen LogP contribution in [0.2, 0.25) is 0 Å². The Kier molecular flexibility index (Phi) is 4.11. The van der Waals surface area contributed by atoms with Gasteiger partial charge in [0.05, 0.1) is 12.2 Å². The minimum Gasteiger partial charge on any atom is -0.393 e. The summed E-state index contributed by atoms with van der Waals surface area (Å²) in [6.07, 6.45) is 6.44. The van der Waals surface area contributed by atoms with Gasteiger partial charge in [-0.25, -0.2) is 9.97 Å². The van der Waals surface area contributed by atoms with Gasteiger partial charge in [0.2, 0.25) is 0 Å². The smallest absolute Gasteiger partial charge is 0.252 e. The Morgan fingerprint density at radius 3 is 2.85 bits per heavy atom. The quantitative estimate of drug-likeness (QED) is 0.698. The number of aromatic nitrogens is 3. The van der Waals surface area contributed by atoms with Gasteiger partial charge in [-0.3, -0.25) is 9.36 Å². The molecule has 0 saturated heterocycles. The van der Waals surface area contributed by atoms with E-state index in [1.165, 1.54) is 13.1 Å². The Balaban J connectivity index is 2.01. The SMILES string of the molecule is CC(O)(CO)CNC(=O)c1ccc(-n2ccnc2)nc1. The molecule has 0 fully saturated rings. The summed E-state index contributed by atoms with van der Waals surface area (Å²) in [5.74, 6) is 0.296. The first-order valence-electron chi connectivity index (χ1n) is 6.08. The van der Waals surface area contributed by atoms with Gasteiger partial charge in [0.15, 0.2) is 0 Å². The third-order valence-corrected chi connectivity index (χ3v) is 2.75. The van der Waals surface area contributed by atoms with Crippen LogP contribution in [-0.4, -0.2) is 49.4 Å². The van der Waals surface area contributed by atoms with Crippen molar-refractivity contribution in [2.45, 2.75) is 12.5 Å². The Labute approximate surface area is 115 Å². The molecule has 3 N–H and O–H groups in total. The molecule has 20 heavy (non-hydrogen) atoms. The van der Waals surface area contributed by atoms with Crippen molar-refractivity contribution in [3.05, 3.63) is 42.6 Å². The summed E-state index contributed by atoms with van der Waals surface area (Å²) in [5.41, 5.74) is -0.956. The number of hydrogen-bond acceptors (Lipinski definition) is 5. The second-order valence-corrected chi connectivity index (χ2v) is 4.71. The van der Waals surface area contributed by atoms with E-state index in [0.29, 0.717) is 11.4 Å². The number of nitrogens with one attached hydrogen (secondary N) is 1. The molecule has 1 atom stereocenters. The Morgan fingerprint density at radius 1 is 1.50 bits per heavy atom. The fraction of sp³-hybridized carbons (Fsp3) is 0.308. The molecular weight excluding hydrogens is 260 g/mol. The van der Waals surface area contributed by atoms with Crippen LogP contribution in [0.25, 0.3) is 5.82 Å². The number of aliphatic hydroxyl groups is 2. The largest absolute Gasteiger partial charge is 0.393 e. The molecule has 0 radical (unpaired) electrons. The van der Waals surface area contributed by atoms with Crippen LogP contribution in [0.1, 0.15) is 17.3 Å². The highest BCUT2D eigenvalue weighted by Crippen LogP contribution is 2.06. The van der Waals surface area contributed by atoms with Crippen LogP contribution in [-0.2, 0) is 0 Å². The molecule has 0 aliphatic rings. The van der Waals surface area contributed by atoms with Crippen molar-refractivity contribution in [2.75, 3.05) is 13.2 Å². The number of carbonyl (C=O) groups is 1. The molecule has 0 saturated carbocycles. The van der Waals surface area contributed by atoms with Crippen molar-refractivity contribution in [3.8, 4) is 5.82 Å². The zero-order chi connectivity index (χ0) is 14.6. The third kappa shape index (κ3) is 3.40. The van der Waals surface area contributed by atoms with E-state index in [4.69, 9.17) is 5.11 Å². The number of hydrogen-bond donors (Lipinski definition) is 3. The van der Waals surface area contributed by atoms with E-state index in [9.17, 15) is 9.90 Å². The summed E-state index contributed by atoms with van der Waals surface area (Å²) in [7, 11) is 0. The lowest BCUT2D eigenvalue weighted by Gasteiger charge is -2.20. The first kappa shape index (κ1) is 14.2. The minimum absolute atomic E-state index is 0.0361. The van der Waals surface area contributed by atoms with Crippen LogP contribution < -0.4 is 5.32 Å². The van der Waals surface area contributed by atoms with E-state index in [0.717, 1.165) is 0 Å². The summed E-state index contributed by atoms with van der Waals surface area (Å²) >= 11 is 0. The highest BCUT2D eigenvalue weighted by molar-refractivity contribution is 5.93. The Bertz CT molecular complexity index is 564. The highest BCUT2D eigenvalue weighted by Gasteiger charge is 2.20.